The number of nitrogen functional groups attached to an aromatic ring is 1. The van der Waals surface area contributed by atoms with Crippen LogP contribution in [0.4, 0.5) is 5.69 Å². The summed E-state index contributed by atoms with van der Waals surface area (Å²) in [5.74, 6) is 0.566. The van der Waals surface area contributed by atoms with Crippen LogP contribution in [-0.4, -0.2) is 22.9 Å². The minimum Gasteiger partial charge on any atom is -0.396 e. The Balaban J connectivity index is 2.40. The van der Waals surface area contributed by atoms with Gasteiger partial charge in [-0.05, 0) is 6.92 Å². The molecule has 2 heterocycles. The Morgan fingerprint density at radius 2 is 2.25 bits per heavy atom. The number of rotatable bonds is 1. The first-order valence-electron chi connectivity index (χ1n) is 4.20. The maximum absolute atomic E-state index is 5.90. The molecule has 0 aliphatic carbocycles. The molecule has 2 rings (SSSR count). The van der Waals surface area contributed by atoms with E-state index in [9.17, 15) is 0 Å². The van der Waals surface area contributed by atoms with Crippen molar-refractivity contribution < 1.29 is 0 Å². The number of aryl methyl sites for hydroxylation is 2. The minimum atomic E-state index is 0.566. The molecule has 0 atom stereocenters. The third-order valence-corrected chi connectivity index (χ3v) is 2.48. The van der Waals surface area contributed by atoms with E-state index in [1.165, 1.54) is 5.69 Å². The summed E-state index contributed by atoms with van der Waals surface area (Å²) in [6.45, 7) is 4.01. The number of hydrogen-bond acceptors (Lipinski definition) is 3. The molecule has 1 aromatic rings. The number of hydrogen-bond donors (Lipinski definition) is 2. The molecule has 0 saturated carbocycles. The predicted molar refractivity (Wildman–Crippen MR) is 48.0 cm³/mol. The van der Waals surface area contributed by atoms with Crippen LogP contribution in [0.2, 0.25) is 0 Å². The third-order valence-electron chi connectivity index (χ3n) is 2.48. The van der Waals surface area contributed by atoms with E-state index in [0.29, 0.717) is 5.92 Å². The van der Waals surface area contributed by atoms with Crippen LogP contribution < -0.4 is 11.1 Å². The fourth-order valence-electron chi connectivity index (χ4n) is 1.66. The second-order valence-corrected chi connectivity index (χ2v) is 3.36. The van der Waals surface area contributed by atoms with Crippen molar-refractivity contribution in [3.8, 4) is 0 Å². The van der Waals surface area contributed by atoms with Crippen LogP contribution in [0, 0.1) is 6.92 Å². The largest absolute Gasteiger partial charge is 0.396 e. The molecule has 0 aromatic carbocycles. The quantitative estimate of drug-likeness (QED) is 0.617. The summed E-state index contributed by atoms with van der Waals surface area (Å²) in [6.07, 6.45) is 0. The van der Waals surface area contributed by atoms with Gasteiger partial charge >= 0.3 is 0 Å². The van der Waals surface area contributed by atoms with Crippen LogP contribution in [-0.2, 0) is 7.05 Å². The monoisotopic (exact) mass is 166 g/mol. The van der Waals surface area contributed by atoms with E-state index in [1.807, 2.05) is 18.7 Å². The van der Waals surface area contributed by atoms with Gasteiger partial charge in [-0.15, -0.1) is 0 Å². The van der Waals surface area contributed by atoms with Gasteiger partial charge in [-0.2, -0.15) is 5.10 Å². The van der Waals surface area contributed by atoms with Gasteiger partial charge in [0.1, 0.15) is 0 Å². The lowest BCUT2D eigenvalue weighted by Gasteiger charge is -2.27. The molecule has 0 unspecified atom stereocenters. The summed E-state index contributed by atoms with van der Waals surface area (Å²) < 4.78 is 1.90. The Labute approximate surface area is 71.7 Å². The first-order chi connectivity index (χ1) is 5.70. The summed E-state index contributed by atoms with van der Waals surface area (Å²) in [5.41, 5.74) is 8.90. The summed E-state index contributed by atoms with van der Waals surface area (Å²) in [7, 11) is 1.96. The average molecular weight is 166 g/mol. The van der Waals surface area contributed by atoms with Crippen LogP contribution in [0.15, 0.2) is 0 Å². The van der Waals surface area contributed by atoms with Crippen molar-refractivity contribution in [3.63, 3.8) is 0 Å². The standard InChI is InChI=1S/C8H14N4/c1-5-7(9)8(12(2)11-5)6-3-10-4-6/h6,10H,3-4,9H2,1-2H3. The number of aromatic nitrogens is 2. The van der Waals surface area contributed by atoms with Gasteiger partial charge in [-0.3, -0.25) is 4.68 Å². The van der Waals surface area contributed by atoms with Crippen molar-refractivity contribution in [2.24, 2.45) is 7.05 Å². The zero-order valence-electron chi connectivity index (χ0n) is 7.46. The van der Waals surface area contributed by atoms with Gasteiger partial charge in [0.2, 0.25) is 0 Å². The van der Waals surface area contributed by atoms with Crippen LogP contribution >= 0.6 is 0 Å². The Kier molecular flexibility index (Phi) is 1.58. The second-order valence-electron chi connectivity index (χ2n) is 3.36. The Hall–Kier alpha value is -1.03. The van der Waals surface area contributed by atoms with Crippen LogP contribution in [0.3, 0.4) is 0 Å². The molecule has 4 heteroatoms. The fraction of sp³-hybridized carbons (Fsp3) is 0.625. The van der Waals surface area contributed by atoms with Gasteiger partial charge < -0.3 is 11.1 Å². The zero-order valence-corrected chi connectivity index (χ0v) is 7.46. The van der Waals surface area contributed by atoms with Crippen molar-refractivity contribution >= 4 is 5.69 Å². The van der Waals surface area contributed by atoms with Gasteiger partial charge in [0.25, 0.3) is 0 Å². The highest BCUT2D eigenvalue weighted by molar-refractivity contribution is 5.50. The van der Waals surface area contributed by atoms with E-state index in [4.69, 9.17) is 5.73 Å². The molecule has 0 radical (unpaired) electrons. The molecule has 1 aliphatic heterocycles. The zero-order chi connectivity index (χ0) is 8.72. The lowest BCUT2D eigenvalue weighted by atomic mass is 9.98. The predicted octanol–water partition coefficient (Wildman–Crippen LogP) is -0.00248. The van der Waals surface area contributed by atoms with Crippen LogP contribution in [0.25, 0.3) is 0 Å². The van der Waals surface area contributed by atoms with Crippen molar-refractivity contribution in [3.05, 3.63) is 11.4 Å². The smallest absolute Gasteiger partial charge is 0.0826 e. The molecule has 1 aromatic heterocycles. The highest BCUT2D eigenvalue weighted by Crippen LogP contribution is 2.26. The molecule has 0 amide bonds. The van der Waals surface area contributed by atoms with Crippen LogP contribution in [0.1, 0.15) is 17.3 Å². The van der Waals surface area contributed by atoms with E-state index < -0.39 is 0 Å². The van der Waals surface area contributed by atoms with Gasteiger partial charge in [0.15, 0.2) is 0 Å². The average Bonchev–Trinajstić information content (AvgIpc) is 2.13. The molecular formula is C8H14N4. The molecule has 1 aliphatic rings. The van der Waals surface area contributed by atoms with Gasteiger partial charge in [-0.1, -0.05) is 0 Å². The normalized spacial score (nSPS) is 17.8. The summed E-state index contributed by atoms with van der Waals surface area (Å²) in [4.78, 5) is 0. The van der Waals surface area contributed by atoms with Gasteiger partial charge in [0.05, 0.1) is 17.1 Å². The Morgan fingerprint density at radius 3 is 2.58 bits per heavy atom. The van der Waals surface area contributed by atoms with Crippen molar-refractivity contribution in [2.45, 2.75) is 12.8 Å². The van der Waals surface area contributed by atoms with Crippen molar-refractivity contribution in [1.82, 2.24) is 15.1 Å². The van der Waals surface area contributed by atoms with Crippen molar-refractivity contribution in [2.75, 3.05) is 18.8 Å². The molecule has 66 valence electrons. The summed E-state index contributed by atoms with van der Waals surface area (Å²) in [6, 6.07) is 0. The number of anilines is 1. The third kappa shape index (κ3) is 0.914. The second kappa shape index (κ2) is 2.48. The minimum absolute atomic E-state index is 0.566. The Morgan fingerprint density at radius 1 is 1.58 bits per heavy atom. The van der Waals surface area contributed by atoms with Crippen molar-refractivity contribution in [1.29, 1.82) is 0 Å². The lowest BCUT2D eigenvalue weighted by Crippen LogP contribution is -2.41. The van der Waals surface area contributed by atoms with E-state index >= 15 is 0 Å². The van der Waals surface area contributed by atoms with E-state index in [-0.39, 0.29) is 0 Å². The summed E-state index contributed by atoms with van der Waals surface area (Å²) >= 11 is 0. The lowest BCUT2D eigenvalue weighted by molar-refractivity contribution is 0.425. The van der Waals surface area contributed by atoms with E-state index in [2.05, 4.69) is 10.4 Å². The molecule has 12 heavy (non-hydrogen) atoms. The van der Waals surface area contributed by atoms with E-state index in [0.717, 1.165) is 24.5 Å². The molecule has 0 spiro atoms. The number of nitrogens with two attached hydrogens (primary N) is 1. The molecular weight excluding hydrogens is 152 g/mol. The van der Waals surface area contributed by atoms with Gasteiger partial charge in [0, 0.05) is 26.1 Å². The Bertz CT molecular complexity index is 298. The van der Waals surface area contributed by atoms with Crippen LogP contribution in [0.5, 0.6) is 0 Å². The fourth-order valence-corrected chi connectivity index (χ4v) is 1.66. The number of nitrogens with zero attached hydrogens (tertiary/aromatic N) is 2. The first kappa shape index (κ1) is 7.61. The first-order valence-corrected chi connectivity index (χ1v) is 4.20. The summed E-state index contributed by atoms with van der Waals surface area (Å²) in [5, 5.41) is 7.50. The molecule has 1 fully saturated rings. The highest BCUT2D eigenvalue weighted by Gasteiger charge is 2.25. The number of nitrogens with one attached hydrogen (secondary N) is 1. The molecule has 3 N–H and O–H groups in total. The van der Waals surface area contributed by atoms with E-state index in [1.54, 1.807) is 0 Å². The maximum Gasteiger partial charge on any atom is 0.0826 e. The topological polar surface area (TPSA) is 55.9 Å². The molecule has 1 saturated heterocycles. The maximum atomic E-state index is 5.90. The SMILES string of the molecule is Cc1nn(C)c(C2CNC2)c1N. The molecule has 0 bridgehead atoms. The van der Waals surface area contributed by atoms with Gasteiger partial charge in [-0.25, -0.2) is 0 Å². The highest BCUT2D eigenvalue weighted by atomic mass is 15.3. The molecule has 4 nitrogen and oxygen atoms in total.